The average Bonchev–Trinajstić information content (AvgIpc) is 2.77. The van der Waals surface area contributed by atoms with E-state index in [0.29, 0.717) is 12.1 Å². The Balaban J connectivity index is 1.63. The van der Waals surface area contributed by atoms with Crippen LogP contribution >= 0.6 is 0 Å². The van der Waals surface area contributed by atoms with Gasteiger partial charge in [-0.15, -0.1) is 0 Å². The molecule has 0 amide bonds. The van der Waals surface area contributed by atoms with Crippen molar-refractivity contribution in [2.45, 2.75) is 32.4 Å². The summed E-state index contributed by atoms with van der Waals surface area (Å²) in [4.78, 5) is 2.48. The Labute approximate surface area is 110 Å². The molecular weight excluding hydrogens is 224 g/mol. The fraction of sp³-hybridized carbons (Fsp3) is 0.600. The molecule has 1 aliphatic heterocycles. The summed E-state index contributed by atoms with van der Waals surface area (Å²) in [5.74, 6) is 0.966. The van der Waals surface area contributed by atoms with E-state index in [9.17, 15) is 0 Å². The minimum absolute atomic E-state index is 0.579. The van der Waals surface area contributed by atoms with E-state index in [1.54, 1.807) is 0 Å². The van der Waals surface area contributed by atoms with Gasteiger partial charge >= 0.3 is 0 Å². The average molecular weight is 248 g/mol. The van der Waals surface area contributed by atoms with Crippen molar-refractivity contribution in [3.8, 4) is 5.75 Å². The smallest absolute Gasteiger partial charge is 0.119 e. The van der Waals surface area contributed by atoms with Crippen molar-refractivity contribution in [2.75, 3.05) is 26.2 Å². The topological polar surface area (TPSA) is 24.5 Å². The first-order valence-corrected chi connectivity index (χ1v) is 6.90. The molecule has 0 spiro atoms. The van der Waals surface area contributed by atoms with E-state index in [2.05, 4.69) is 24.1 Å². The third-order valence-electron chi connectivity index (χ3n) is 3.26. The van der Waals surface area contributed by atoms with E-state index in [-0.39, 0.29) is 0 Å². The van der Waals surface area contributed by atoms with E-state index in [4.69, 9.17) is 4.74 Å². The summed E-state index contributed by atoms with van der Waals surface area (Å²) in [6.45, 7) is 8.55. The quantitative estimate of drug-likeness (QED) is 0.835. The minimum Gasteiger partial charge on any atom is -0.492 e. The Kier molecular flexibility index (Phi) is 5.02. The summed E-state index contributed by atoms with van der Waals surface area (Å²) in [5, 5.41) is 3.60. The number of benzene rings is 1. The molecule has 3 heteroatoms. The number of ether oxygens (including phenoxy) is 1. The molecule has 1 aromatic rings. The molecule has 100 valence electrons. The summed E-state index contributed by atoms with van der Waals surface area (Å²) in [6, 6.07) is 11.3. The maximum atomic E-state index is 5.72. The maximum Gasteiger partial charge on any atom is 0.119 e. The minimum atomic E-state index is 0.579. The normalized spacial score (nSPS) is 20.5. The number of para-hydroxylation sites is 1. The second-order valence-electron chi connectivity index (χ2n) is 5.27. The Morgan fingerprint density at radius 2 is 2.11 bits per heavy atom. The molecule has 0 saturated carbocycles. The zero-order valence-corrected chi connectivity index (χ0v) is 11.4. The molecule has 1 unspecified atom stereocenters. The van der Waals surface area contributed by atoms with Crippen LogP contribution in [0.25, 0.3) is 0 Å². The standard InChI is InChI=1S/C15H24N2O/c1-13(2)16-14-8-9-17(12-14)10-11-18-15-6-4-3-5-7-15/h3-7,13-14,16H,8-12H2,1-2H3. The number of hydrogen-bond acceptors (Lipinski definition) is 3. The lowest BCUT2D eigenvalue weighted by atomic mass is 10.2. The first-order chi connectivity index (χ1) is 8.74. The highest BCUT2D eigenvalue weighted by molar-refractivity contribution is 5.20. The highest BCUT2D eigenvalue weighted by Crippen LogP contribution is 2.11. The molecule has 1 aliphatic rings. The SMILES string of the molecule is CC(C)NC1CCN(CCOc2ccccc2)C1. The van der Waals surface area contributed by atoms with Gasteiger partial charge in [-0.05, 0) is 25.1 Å². The molecule has 1 fully saturated rings. The van der Waals surface area contributed by atoms with Gasteiger partial charge in [-0.3, -0.25) is 4.90 Å². The van der Waals surface area contributed by atoms with Gasteiger partial charge in [0.1, 0.15) is 12.4 Å². The van der Waals surface area contributed by atoms with Crippen molar-refractivity contribution in [1.82, 2.24) is 10.2 Å². The van der Waals surface area contributed by atoms with Gasteiger partial charge in [0.25, 0.3) is 0 Å². The number of nitrogens with zero attached hydrogens (tertiary/aromatic N) is 1. The van der Waals surface area contributed by atoms with Crippen LogP contribution in [0.4, 0.5) is 0 Å². The number of rotatable bonds is 6. The molecule has 0 aromatic heterocycles. The summed E-state index contributed by atoms with van der Waals surface area (Å²) >= 11 is 0. The summed E-state index contributed by atoms with van der Waals surface area (Å²) < 4.78 is 5.72. The van der Waals surface area contributed by atoms with Crippen molar-refractivity contribution in [3.63, 3.8) is 0 Å². The predicted octanol–water partition coefficient (Wildman–Crippen LogP) is 2.14. The fourth-order valence-corrected chi connectivity index (χ4v) is 2.45. The van der Waals surface area contributed by atoms with E-state index >= 15 is 0 Å². The molecule has 0 bridgehead atoms. The van der Waals surface area contributed by atoms with E-state index in [1.807, 2.05) is 30.3 Å². The molecular formula is C15H24N2O. The Hall–Kier alpha value is -1.06. The van der Waals surface area contributed by atoms with Gasteiger partial charge in [0, 0.05) is 25.2 Å². The lowest BCUT2D eigenvalue weighted by Gasteiger charge is -2.18. The first-order valence-electron chi connectivity index (χ1n) is 6.90. The second-order valence-corrected chi connectivity index (χ2v) is 5.27. The van der Waals surface area contributed by atoms with Crippen molar-refractivity contribution >= 4 is 0 Å². The van der Waals surface area contributed by atoms with Gasteiger partial charge in [0.15, 0.2) is 0 Å². The van der Waals surface area contributed by atoms with Gasteiger partial charge in [0.05, 0.1) is 0 Å². The van der Waals surface area contributed by atoms with Gasteiger partial charge in [-0.1, -0.05) is 32.0 Å². The molecule has 2 rings (SSSR count). The molecule has 18 heavy (non-hydrogen) atoms. The number of hydrogen-bond donors (Lipinski definition) is 1. The molecule has 1 heterocycles. The molecule has 0 radical (unpaired) electrons. The number of nitrogens with one attached hydrogen (secondary N) is 1. The molecule has 1 N–H and O–H groups in total. The van der Waals surface area contributed by atoms with E-state index < -0.39 is 0 Å². The Morgan fingerprint density at radius 3 is 2.83 bits per heavy atom. The van der Waals surface area contributed by atoms with Crippen molar-refractivity contribution in [1.29, 1.82) is 0 Å². The third-order valence-corrected chi connectivity index (χ3v) is 3.26. The van der Waals surface area contributed by atoms with Crippen LogP contribution < -0.4 is 10.1 Å². The summed E-state index contributed by atoms with van der Waals surface area (Å²) in [7, 11) is 0. The lowest BCUT2D eigenvalue weighted by molar-refractivity contribution is 0.233. The monoisotopic (exact) mass is 248 g/mol. The Morgan fingerprint density at radius 1 is 1.33 bits per heavy atom. The van der Waals surface area contributed by atoms with Crippen LogP contribution in [0, 0.1) is 0 Å². The molecule has 1 atom stereocenters. The van der Waals surface area contributed by atoms with Crippen molar-refractivity contribution in [3.05, 3.63) is 30.3 Å². The highest BCUT2D eigenvalue weighted by Gasteiger charge is 2.22. The van der Waals surface area contributed by atoms with Crippen molar-refractivity contribution in [2.24, 2.45) is 0 Å². The largest absolute Gasteiger partial charge is 0.492 e. The van der Waals surface area contributed by atoms with Crippen molar-refractivity contribution < 1.29 is 4.74 Å². The highest BCUT2D eigenvalue weighted by atomic mass is 16.5. The fourth-order valence-electron chi connectivity index (χ4n) is 2.45. The van der Waals surface area contributed by atoms with Gasteiger partial charge in [0.2, 0.25) is 0 Å². The maximum absolute atomic E-state index is 5.72. The lowest BCUT2D eigenvalue weighted by Crippen LogP contribution is -2.37. The summed E-state index contributed by atoms with van der Waals surface area (Å²) in [6.07, 6.45) is 1.25. The molecule has 1 aromatic carbocycles. The Bertz CT molecular complexity index is 340. The zero-order chi connectivity index (χ0) is 12.8. The third kappa shape index (κ3) is 4.31. The van der Waals surface area contributed by atoms with E-state index in [0.717, 1.165) is 25.4 Å². The van der Waals surface area contributed by atoms with Crippen LogP contribution in [0.1, 0.15) is 20.3 Å². The van der Waals surface area contributed by atoms with Crippen LogP contribution in [0.5, 0.6) is 5.75 Å². The molecule has 0 aliphatic carbocycles. The van der Waals surface area contributed by atoms with Crippen LogP contribution in [0.2, 0.25) is 0 Å². The second kappa shape index (κ2) is 6.76. The van der Waals surface area contributed by atoms with Gasteiger partial charge < -0.3 is 10.1 Å². The van der Waals surface area contributed by atoms with E-state index in [1.165, 1.54) is 13.0 Å². The first kappa shape index (κ1) is 13.4. The van der Waals surface area contributed by atoms with Crippen LogP contribution in [0.15, 0.2) is 30.3 Å². The molecule has 1 saturated heterocycles. The van der Waals surface area contributed by atoms with Gasteiger partial charge in [-0.2, -0.15) is 0 Å². The predicted molar refractivity (Wildman–Crippen MR) is 75.1 cm³/mol. The number of likely N-dealkylation sites (tertiary alicyclic amines) is 1. The summed E-state index contributed by atoms with van der Waals surface area (Å²) in [5.41, 5.74) is 0. The zero-order valence-electron chi connectivity index (χ0n) is 11.4. The van der Waals surface area contributed by atoms with Crippen LogP contribution in [-0.4, -0.2) is 43.2 Å². The molecule has 3 nitrogen and oxygen atoms in total. The van der Waals surface area contributed by atoms with Crippen LogP contribution in [0.3, 0.4) is 0 Å². The van der Waals surface area contributed by atoms with Gasteiger partial charge in [-0.25, -0.2) is 0 Å². The van der Waals surface area contributed by atoms with Crippen LogP contribution in [-0.2, 0) is 0 Å².